The highest BCUT2D eigenvalue weighted by molar-refractivity contribution is 8.03. The number of hydrogen-bond donors (Lipinski definition) is 1. The topological polar surface area (TPSA) is 54.4 Å². The maximum absolute atomic E-state index is 13.2. The molecule has 0 aliphatic rings. The summed E-state index contributed by atoms with van der Waals surface area (Å²) in [7, 11) is -3.18. The quantitative estimate of drug-likeness (QED) is 0.857. The Morgan fingerprint density at radius 3 is 1.36 bits per heavy atom. The molecule has 0 saturated heterocycles. The van der Waals surface area contributed by atoms with E-state index in [9.17, 15) is 13.5 Å². The molecule has 3 atom stereocenters. The molecule has 0 aliphatic carbocycles. The molecule has 2 aromatic carbocycles. The molecule has 0 saturated carbocycles. The van der Waals surface area contributed by atoms with Crippen molar-refractivity contribution < 1.29 is 13.5 Å². The number of aliphatic hydroxyl groups excluding tert-OH is 1. The van der Waals surface area contributed by atoms with Crippen LogP contribution in [0.2, 0.25) is 0 Å². The molecule has 25 heavy (non-hydrogen) atoms. The van der Waals surface area contributed by atoms with Gasteiger partial charge in [-0.3, -0.25) is 8.42 Å². The zero-order valence-corrected chi connectivity index (χ0v) is 17.0. The molecule has 0 aliphatic heterocycles. The molecule has 2 aromatic rings. The van der Waals surface area contributed by atoms with Crippen molar-refractivity contribution in [3.8, 4) is 0 Å². The van der Waals surface area contributed by atoms with Crippen LogP contribution in [0.1, 0.15) is 31.9 Å². The largest absolute Gasteiger partial charge is 0.390 e. The van der Waals surface area contributed by atoms with Gasteiger partial charge in [-0.25, -0.2) is 0 Å². The van der Waals surface area contributed by atoms with Gasteiger partial charge in [-0.15, -0.1) is 0 Å². The van der Waals surface area contributed by atoms with Crippen LogP contribution >= 0.6 is 0 Å². The summed E-state index contributed by atoms with van der Waals surface area (Å²) >= 11 is 0. The van der Waals surface area contributed by atoms with Crippen LogP contribution in [0.3, 0.4) is 0 Å². The molecule has 0 amide bonds. The van der Waals surface area contributed by atoms with Crippen LogP contribution in [-0.2, 0) is 21.6 Å². The maximum atomic E-state index is 13.2. The molecular formula is C20H26O3S2. The Kier molecular flexibility index (Phi) is 6.35. The van der Waals surface area contributed by atoms with Crippen molar-refractivity contribution in [1.29, 1.82) is 0 Å². The monoisotopic (exact) mass is 378 g/mol. The summed E-state index contributed by atoms with van der Waals surface area (Å²) in [5.74, 6) is 0. The van der Waals surface area contributed by atoms with Crippen LogP contribution in [0.5, 0.6) is 0 Å². The van der Waals surface area contributed by atoms with E-state index in [0.29, 0.717) is 9.79 Å². The third-order valence-electron chi connectivity index (χ3n) is 4.07. The van der Waals surface area contributed by atoms with Gasteiger partial charge in [0.05, 0.1) is 27.7 Å². The van der Waals surface area contributed by atoms with Gasteiger partial charge in [0.1, 0.15) is 4.58 Å². The molecular weight excluding hydrogens is 352 g/mol. The summed E-state index contributed by atoms with van der Waals surface area (Å²) in [4.78, 5) is 1.17. The van der Waals surface area contributed by atoms with Gasteiger partial charge in [0.25, 0.3) is 0 Å². The summed E-state index contributed by atoms with van der Waals surface area (Å²) in [6.45, 7) is 9.51. The minimum absolute atomic E-state index is 0.536. The lowest BCUT2D eigenvalue weighted by Crippen LogP contribution is -2.43. The van der Waals surface area contributed by atoms with Crippen molar-refractivity contribution in [1.82, 2.24) is 0 Å². The lowest BCUT2D eigenvalue weighted by atomic mass is 9.90. The van der Waals surface area contributed by atoms with Gasteiger partial charge in [-0.2, -0.15) is 0 Å². The molecule has 0 aromatic heterocycles. The Hall–Kier alpha value is -1.30. The van der Waals surface area contributed by atoms with Gasteiger partial charge < -0.3 is 5.11 Å². The van der Waals surface area contributed by atoms with Crippen molar-refractivity contribution in [3.05, 3.63) is 59.7 Å². The molecule has 136 valence electrons. The summed E-state index contributed by atoms with van der Waals surface area (Å²) in [5.41, 5.74) is 1.59. The first-order chi connectivity index (χ1) is 11.6. The lowest BCUT2D eigenvalue weighted by Gasteiger charge is -2.32. The predicted octanol–water partition coefficient (Wildman–Crippen LogP) is 3.95. The molecule has 0 spiro atoms. The minimum atomic E-state index is -1.59. The van der Waals surface area contributed by atoms with Crippen LogP contribution in [0.25, 0.3) is 0 Å². The molecule has 3 nitrogen and oxygen atoms in total. The predicted molar refractivity (Wildman–Crippen MR) is 104 cm³/mol. The Morgan fingerprint density at radius 2 is 1.08 bits per heavy atom. The van der Waals surface area contributed by atoms with E-state index < -0.39 is 37.7 Å². The second-order valence-corrected chi connectivity index (χ2v) is 10.8. The summed E-state index contributed by atoms with van der Waals surface area (Å²) in [6, 6.07) is 14.6. The van der Waals surface area contributed by atoms with Crippen molar-refractivity contribution in [2.75, 3.05) is 0 Å². The van der Waals surface area contributed by atoms with E-state index in [1.807, 2.05) is 58.9 Å². The summed E-state index contributed by atoms with van der Waals surface area (Å²) in [5, 5.41) is 10.8. The lowest BCUT2D eigenvalue weighted by molar-refractivity contribution is 0.0759. The zero-order valence-electron chi connectivity index (χ0n) is 15.4. The average Bonchev–Trinajstić information content (AvgIpc) is 2.55. The molecule has 0 heterocycles. The van der Waals surface area contributed by atoms with E-state index in [-0.39, 0.29) is 0 Å². The number of aliphatic hydroxyl groups is 1. The number of benzene rings is 2. The van der Waals surface area contributed by atoms with Crippen molar-refractivity contribution in [2.45, 2.75) is 55.1 Å². The maximum Gasteiger partial charge on any atom is 0.145 e. The van der Waals surface area contributed by atoms with Crippen molar-refractivity contribution in [3.63, 3.8) is 0 Å². The van der Waals surface area contributed by atoms with Crippen LogP contribution in [-0.4, -0.2) is 24.2 Å². The van der Waals surface area contributed by atoms with E-state index in [1.54, 1.807) is 24.3 Å². The smallest absolute Gasteiger partial charge is 0.145 e. The summed E-state index contributed by atoms with van der Waals surface area (Å²) < 4.78 is 25.5. The SMILES string of the molecule is Cc1ccc(S(=O)C([C@@H](O)C(C)(C)C)S(=O)c2ccc(C)cc2)cc1. The summed E-state index contributed by atoms with van der Waals surface area (Å²) in [6.07, 6.45) is -0.975. The van der Waals surface area contributed by atoms with Gasteiger partial charge in [0.2, 0.25) is 0 Å². The number of aryl methyl sites for hydroxylation is 2. The van der Waals surface area contributed by atoms with Crippen LogP contribution in [0.15, 0.2) is 58.3 Å². The van der Waals surface area contributed by atoms with Crippen LogP contribution in [0.4, 0.5) is 0 Å². The standard InChI is InChI=1S/C20H26O3S2/c1-14-6-10-16(11-7-14)24(22)19(18(21)20(3,4)5)25(23)17-12-8-15(2)9-13-17/h6-13,18-19,21H,1-5H3/t18-,19?,24?,25?/m1/s1. The molecule has 1 N–H and O–H groups in total. The van der Waals surface area contributed by atoms with Gasteiger partial charge in [-0.1, -0.05) is 56.2 Å². The fourth-order valence-electron chi connectivity index (χ4n) is 2.33. The molecule has 5 heteroatoms. The van der Waals surface area contributed by atoms with E-state index in [1.165, 1.54) is 0 Å². The minimum Gasteiger partial charge on any atom is -0.390 e. The first-order valence-corrected chi connectivity index (χ1v) is 10.7. The molecule has 0 bridgehead atoms. The first kappa shape index (κ1) is 20.0. The third kappa shape index (κ3) is 4.87. The van der Waals surface area contributed by atoms with Crippen molar-refractivity contribution in [2.24, 2.45) is 5.41 Å². The third-order valence-corrected chi connectivity index (χ3v) is 7.96. The Bertz CT molecular complexity index is 702. The highest BCUT2D eigenvalue weighted by atomic mass is 32.2. The highest BCUT2D eigenvalue weighted by Gasteiger charge is 2.39. The molecule has 0 radical (unpaired) electrons. The van der Waals surface area contributed by atoms with Crippen molar-refractivity contribution >= 4 is 21.6 Å². The van der Waals surface area contributed by atoms with Gasteiger partial charge in [0.15, 0.2) is 0 Å². The zero-order chi connectivity index (χ0) is 18.8. The van der Waals surface area contributed by atoms with E-state index in [2.05, 4.69) is 0 Å². The first-order valence-electron chi connectivity index (χ1n) is 8.24. The Balaban J connectivity index is 2.45. The fourth-order valence-corrected chi connectivity index (χ4v) is 6.27. The van der Waals surface area contributed by atoms with Gasteiger partial charge in [-0.05, 0) is 43.5 Å². The van der Waals surface area contributed by atoms with Gasteiger partial charge in [0, 0.05) is 9.79 Å². The fraction of sp³-hybridized carbons (Fsp3) is 0.400. The second-order valence-electron chi connectivity index (χ2n) is 7.40. The van der Waals surface area contributed by atoms with Crippen LogP contribution < -0.4 is 0 Å². The second kappa shape index (κ2) is 7.94. The molecule has 2 rings (SSSR count). The average molecular weight is 379 g/mol. The van der Waals surface area contributed by atoms with Crippen LogP contribution in [0, 0.1) is 19.3 Å². The van der Waals surface area contributed by atoms with Gasteiger partial charge >= 0.3 is 0 Å². The number of rotatable bonds is 5. The van der Waals surface area contributed by atoms with E-state index in [0.717, 1.165) is 11.1 Å². The Morgan fingerprint density at radius 1 is 0.760 bits per heavy atom. The molecule has 2 unspecified atom stereocenters. The normalized spacial score (nSPS) is 16.9. The highest BCUT2D eigenvalue weighted by Crippen LogP contribution is 2.31. The van der Waals surface area contributed by atoms with E-state index >= 15 is 0 Å². The number of hydrogen-bond acceptors (Lipinski definition) is 3. The molecule has 0 fully saturated rings. The Labute approximate surface area is 155 Å². The van der Waals surface area contributed by atoms with E-state index in [4.69, 9.17) is 0 Å².